The molecule has 3 nitrogen and oxygen atoms in total. The van der Waals surface area contributed by atoms with E-state index in [4.69, 9.17) is 9.47 Å². The lowest BCUT2D eigenvalue weighted by molar-refractivity contribution is 0.300. The van der Waals surface area contributed by atoms with Gasteiger partial charge in [0.15, 0.2) is 0 Å². The fourth-order valence-electron chi connectivity index (χ4n) is 1.36. The predicted molar refractivity (Wildman–Crippen MR) is 67.7 cm³/mol. The van der Waals surface area contributed by atoms with E-state index >= 15 is 0 Å². The maximum atomic E-state index is 5.62. The monoisotopic (exact) mass is 225 g/mol. The van der Waals surface area contributed by atoms with Crippen molar-refractivity contribution in [1.29, 1.82) is 0 Å². The van der Waals surface area contributed by atoms with Crippen LogP contribution in [0.3, 0.4) is 0 Å². The van der Waals surface area contributed by atoms with E-state index in [1.807, 2.05) is 31.2 Å². The van der Waals surface area contributed by atoms with Gasteiger partial charge < -0.3 is 15.6 Å². The molecule has 3 N–H and O–H groups in total. The molecule has 0 aliphatic rings. The number of rotatable bonds is 7. The largest absolute Gasteiger partial charge is 0.494 e. The van der Waals surface area contributed by atoms with Crippen LogP contribution in [-0.4, -0.2) is 13.2 Å². The molecule has 0 bridgehead atoms. The minimum Gasteiger partial charge on any atom is -0.494 e. The number of hydrogen-bond donors (Lipinski definition) is 1. The Labute approximate surface area is 98.3 Å². The summed E-state index contributed by atoms with van der Waals surface area (Å²) in [5.74, 6) is 1.78. The average molecular weight is 225 g/mol. The van der Waals surface area contributed by atoms with Crippen molar-refractivity contribution < 1.29 is 9.47 Å². The molecule has 0 aromatic heterocycles. The zero-order chi connectivity index (χ0) is 10.9. The van der Waals surface area contributed by atoms with Gasteiger partial charge in [-0.3, -0.25) is 0 Å². The molecule has 0 atom stereocenters. The number of ether oxygens (including phenoxy) is 2. The van der Waals surface area contributed by atoms with Gasteiger partial charge in [-0.05, 0) is 25.5 Å². The first-order valence-electron chi connectivity index (χ1n) is 5.72. The third-order valence-electron chi connectivity index (χ3n) is 2.13. The van der Waals surface area contributed by atoms with Gasteiger partial charge in [-0.1, -0.05) is 25.8 Å². The van der Waals surface area contributed by atoms with Crippen molar-refractivity contribution in [3.05, 3.63) is 24.3 Å². The van der Waals surface area contributed by atoms with Crippen molar-refractivity contribution in [3.8, 4) is 11.5 Å². The molecule has 0 heterocycles. The third kappa shape index (κ3) is 5.61. The Morgan fingerprint density at radius 2 is 1.69 bits per heavy atom. The Balaban J connectivity index is 0.00000225. The lowest BCUT2D eigenvalue weighted by atomic mass is 10.3. The van der Waals surface area contributed by atoms with Crippen molar-refractivity contribution in [1.82, 2.24) is 6.15 Å². The Bertz CT molecular complexity index is 276. The van der Waals surface area contributed by atoms with Crippen LogP contribution < -0.4 is 15.6 Å². The predicted octanol–water partition coefficient (Wildman–Crippen LogP) is 3.82. The van der Waals surface area contributed by atoms with Crippen LogP contribution in [0, 0.1) is 0 Å². The van der Waals surface area contributed by atoms with Gasteiger partial charge in [-0.25, -0.2) is 0 Å². The Hall–Kier alpha value is -1.22. The molecule has 1 aromatic carbocycles. The molecule has 0 saturated carbocycles. The maximum absolute atomic E-state index is 5.62. The molecule has 1 rings (SSSR count). The van der Waals surface area contributed by atoms with E-state index < -0.39 is 0 Å². The van der Waals surface area contributed by atoms with Crippen LogP contribution >= 0.6 is 0 Å². The highest BCUT2D eigenvalue weighted by Gasteiger charge is 1.96. The van der Waals surface area contributed by atoms with E-state index in [0.29, 0.717) is 6.61 Å². The minimum absolute atomic E-state index is 0. The van der Waals surface area contributed by atoms with E-state index in [1.165, 1.54) is 12.8 Å². The summed E-state index contributed by atoms with van der Waals surface area (Å²) in [6.07, 6.45) is 3.57. The highest BCUT2D eigenvalue weighted by Crippen LogP contribution is 2.19. The zero-order valence-corrected chi connectivity index (χ0v) is 10.4. The highest BCUT2D eigenvalue weighted by atomic mass is 16.5. The molecule has 0 saturated heterocycles. The molecule has 1 aromatic rings. The van der Waals surface area contributed by atoms with Gasteiger partial charge in [-0.15, -0.1) is 0 Å². The summed E-state index contributed by atoms with van der Waals surface area (Å²) in [6.45, 7) is 5.66. The summed E-state index contributed by atoms with van der Waals surface area (Å²) in [4.78, 5) is 0. The lowest BCUT2D eigenvalue weighted by Crippen LogP contribution is -1.97. The number of hydrogen-bond acceptors (Lipinski definition) is 3. The molecule has 0 aliphatic heterocycles. The molecule has 3 heteroatoms. The third-order valence-corrected chi connectivity index (χ3v) is 2.13. The van der Waals surface area contributed by atoms with Gasteiger partial charge in [0.25, 0.3) is 0 Å². The second-order valence-electron chi connectivity index (χ2n) is 3.46. The quantitative estimate of drug-likeness (QED) is 0.718. The molecule has 0 unspecified atom stereocenters. The van der Waals surface area contributed by atoms with Gasteiger partial charge in [0.05, 0.1) is 13.2 Å². The molecular formula is C13H23NO2. The molecule has 0 spiro atoms. The fraction of sp³-hybridized carbons (Fsp3) is 0.538. The second-order valence-corrected chi connectivity index (χ2v) is 3.46. The van der Waals surface area contributed by atoms with E-state index in [0.717, 1.165) is 24.5 Å². The molecule has 16 heavy (non-hydrogen) atoms. The van der Waals surface area contributed by atoms with Crippen LogP contribution in [0.4, 0.5) is 0 Å². The van der Waals surface area contributed by atoms with Crippen molar-refractivity contribution in [2.75, 3.05) is 13.2 Å². The smallest absolute Gasteiger partial charge is 0.122 e. The van der Waals surface area contributed by atoms with Gasteiger partial charge in [0.2, 0.25) is 0 Å². The van der Waals surface area contributed by atoms with Crippen LogP contribution in [0.5, 0.6) is 11.5 Å². The van der Waals surface area contributed by atoms with Gasteiger partial charge in [0, 0.05) is 6.07 Å². The van der Waals surface area contributed by atoms with Crippen LogP contribution in [-0.2, 0) is 0 Å². The van der Waals surface area contributed by atoms with Crippen LogP contribution in [0.15, 0.2) is 24.3 Å². The minimum atomic E-state index is 0. The van der Waals surface area contributed by atoms with E-state index in [-0.39, 0.29) is 6.15 Å². The first-order chi connectivity index (χ1) is 7.36. The van der Waals surface area contributed by atoms with Gasteiger partial charge >= 0.3 is 0 Å². The van der Waals surface area contributed by atoms with Crippen LogP contribution in [0.1, 0.15) is 33.1 Å². The average Bonchev–Trinajstić information content (AvgIpc) is 2.26. The summed E-state index contributed by atoms with van der Waals surface area (Å²) in [6, 6.07) is 7.81. The highest BCUT2D eigenvalue weighted by molar-refractivity contribution is 5.32. The maximum Gasteiger partial charge on any atom is 0.122 e. The Morgan fingerprint density at radius 3 is 2.31 bits per heavy atom. The van der Waals surface area contributed by atoms with Crippen molar-refractivity contribution in [2.24, 2.45) is 0 Å². The zero-order valence-electron chi connectivity index (χ0n) is 10.4. The SMILES string of the molecule is CCCCCOc1cccc(OCC)c1.N. The normalized spacial score (nSPS) is 9.38. The second kappa shape index (κ2) is 9.04. The van der Waals surface area contributed by atoms with Crippen molar-refractivity contribution in [2.45, 2.75) is 33.1 Å². The lowest BCUT2D eigenvalue weighted by Gasteiger charge is -2.07. The molecule has 92 valence electrons. The van der Waals surface area contributed by atoms with Crippen LogP contribution in [0.25, 0.3) is 0 Å². The molecule has 0 radical (unpaired) electrons. The molecule has 0 aliphatic carbocycles. The summed E-state index contributed by atoms with van der Waals surface area (Å²) in [5.41, 5.74) is 0. The number of unbranched alkanes of at least 4 members (excludes halogenated alkanes) is 2. The Kier molecular flexibility index (Phi) is 8.35. The van der Waals surface area contributed by atoms with Crippen molar-refractivity contribution >= 4 is 0 Å². The molecule has 0 amide bonds. The summed E-state index contributed by atoms with van der Waals surface area (Å²) < 4.78 is 11.0. The molecular weight excluding hydrogens is 202 g/mol. The number of benzene rings is 1. The van der Waals surface area contributed by atoms with Gasteiger partial charge in [-0.2, -0.15) is 0 Å². The Morgan fingerprint density at radius 1 is 1.00 bits per heavy atom. The van der Waals surface area contributed by atoms with E-state index in [2.05, 4.69) is 6.92 Å². The molecule has 0 fully saturated rings. The van der Waals surface area contributed by atoms with Crippen LogP contribution in [0.2, 0.25) is 0 Å². The van der Waals surface area contributed by atoms with E-state index in [9.17, 15) is 0 Å². The van der Waals surface area contributed by atoms with Gasteiger partial charge in [0.1, 0.15) is 11.5 Å². The van der Waals surface area contributed by atoms with Crippen molar-refractivity contribution in [3.63, 3.8) is 0 Å². The first kappa shape index (κ1) is 14.8. The topological polar surface area (TPSA) is 53.5 Å². The first-order valence-corrected chi connectivity index (χ1v) is 5.72. The summed E-state index contributed by atoms with van der Waals surface area (Å²) in [7, 11) is 0. The summed E-state index contributed by atoms with van der Waals surface area (Å²) >= 11 is 0. The van der Waals surface area contributed by atoms with E-state index in [1.54, 1.807) is 0 Å². The fourth-order valence-corrected chi connectivity index (χ4v) is 1.36. The summed E-state index contributed by atoms with van der Waals surface area (Å²) in [5, 5.41) is 0. The standard InChI is InChI=1S/C13H20O2.H3N/c1-3-5-6-10-15-13-9-7-8-12(11-13)14-4-2;/h7-9,11H,3-6,10H2,1-2H3;1H3.